The molecule has 2 rings (SSSR count). The first kappa shape index (κ1) is 13.8. The van der Waals surface area contributed by atoms with Crippen LogP contribution in [0.25, 0.3) is 0 Å². The number of nitrogens with zero attached hydrogens (tertiary/aromatic N) is 1. The first-order chi connectivity index (χ1) is 8.60. The monoisotopic (exact) mass is 331 g/mol. The van der Waals surface area contributed by atoms with Gasteiger partial charge in [0.15, 0.2) is 5.96 Å². The van der Waals surface area contributed by atoms with Gasteiger partial charge < -0.3 is 15.8 Å². The second-order valence-electron chi connectivity index (χ2n) is 4.57. The standard InChI is InChI=1S/C12H18BrN3OS/c1-7(6-17-2)15-12(14)16-9-5-8(9)10-3-4-11(13)18-10/h3-4,7-9H,5-6H2,1-2H3,(H3,14,15,16)/t7?,8-,9-/m1/s1. The number of hydrogen-bond acceptors (Lipinski definition) is 3. The lowest BCUT2D eigenvalue weighted by Crippen LogP contribution is -2.40. The third-order valence-electron chi connectivity index (χ3n) is 2.83. The summed E-state index contributed by atoms with van der Waals surface area (Å²) in [4.78, 5) is 5.88. The van der Waals surface area contributed by atoms with Crippen molar-refractivity contribution < 1.29 is 4.74 Å². The molecule has 18 heavy (non-hydrogen) atoms. The van der Waals surface area contributed by atoms with E-state index in [1.165, 1.54) is 8.66 Å². The zero-order valence-electron chi connectivity index (χ0n) is 10.5. The number of ether oxygens (including phenoxy) is 1. The Morgan fingerprint density at radius 2 is 2.50 bits per heavy atom. The molecule has 0 spiro atoms. The van der Waals surface area contributed by atoms with Gasteiger partial charge in [-0.05, 0) is 41.4 Å². The molecule has 1 heterocycles. The van der Waals surface area contributed by atoms with E-state index in [0.29, 0.717) is 24.5 Å². The van der Waals surface area contributed by atoms with Crippen molar-refractivity contribution in [3.05, 3.63) is 20.8 Å². The smallest absolute Gasteiger partial charge is 0.189 e. The van der Waals surface area contributed by atoms with Gasteiger partial charge in [0, 0.05) is 23.9 Å². The Labute approximate surface area is 120 Å². The van der Waals surface area contributed by atoms with Crippen LogP contribution in [0.1, 0.15) is 24.1 Å². The molecular formula is C12H18BrN3OS. The van der Waals surface area contributed by atoms with Crippen molar-refractivity contribution in [2.45, 2.75) is 31.3 Å². The van der Waals surface area contributed by atoms with Gasteiger partial charge in [0.25, 0.3) is 0 Å². The molecule has 1 fully saturated rings. The lowest BCUT2D eigenvalue weighted by molar-refractivity contribution is 0.179. The van der Waals surface area contributed by atoms with Gasteiger partial charge in [-0.1, -0.05) is 0 Å². The summed E-state index contributed by atoms with van der Waals surface area (Å²) in [6, 6.07) is 4.76. The van der Waals surface area contributed by atoms with Crippen molar-refractivity contribution in [1.29, 1.82) is 0 Å². The highest BCUT2D eigenvalue weighted by Crippen LogP contribution is 2.46. The van der Waals surface area contributed by atoms with Gasteiger partial charge in [0.2, 0.25) is 0 Å². The number of methoxy groups -OCH3 is 1. The van der Waals surface area contributed by atoms with Crippen LogP contribution in [0, 0.1) is 0 Å². The van der Waals surface area contributed by atoms with Crippen molar-refractivity contribution >= 4 is 33.2 Å². The second kappa shape index (κ2) is 6.04. The number of halogens is 1. The number of hydrogen-bond donors (Lipinski definition) is 2. The maximum absolute atomic E-state index is 5.87. The van der Waals surface area contributed by atoms with Crippen molar-refractivity contribution in [1.82, 2.24) is 5.32 Å². The predicted octanol–water partition coefficient (Wildman–Crippen LogP) is 2.31. The van der Waals surface area contributed by atoms with Crippen LogP contribution in [0.15, 0.2) is 20.9 Å². The molecule has 1 aliphatic rings. The largest absolute Gasteiger partial charge is 0.383 e. The summed E-state index contributed by atoms with van der Waals surface area (Å²) in [5, 5.41) is 3.13. The first-order valence-electron chi connectivity index (χ1n) is 5.94. The zero-order valence-corrected chi connectivity index (χ0v) is 12.9. The fraction of sp³-hybridized carbons (Fsp3) is 0.583. The van der Waals surface area contributed by atoms with E-state index in [9.17, 15) is 0 Å². The van der Waals surface area contributed by atoms with Crippen LogP contribution in [-0.2, 0) is 4.74 Å². The number of nitrogens with two attached hydrogens (primary N) is 1. The van der Waals surface area contributed by atoms with E-state index in [1.54, 1.807) is 18.4 Å². The van der Waals surface area contributed by atoms with Gasteiger partial charge in [0.05, 0.1) is 16.4 Å². The van der Waals surface area contributed by atoms with Gasteiger partial charge in [-0.2, -0.15) is 0 Å². The molecule has 4 nitrogen and oxygen atoms in total. The Kier molecular flexibility index (Phi) is 4.64. The average Bonchev–Trinajstić information content (AvgIpc) is 2.90. The lowest BCUT2D eigenvalue weighted by Gasteiger charge is -2.12. The molecule has 0 aliphatic heterocycles. The summed E-state index contributed by atoms with van der Waals surface area (Å²) in [6.45, 7) is 2.65. The Balaban J connectivity index is 1.84. The van der Waals surface area contributed by atoms with Gasteiger partial charge in [-0.25, -0.2) is 4.99 Å². The molecule has 1 aliphatic carbocycles. The van der Waals surface area contributed by atoms with Crippen molar-refractivity contribution in [2.75, 3.05) is 13.7 Å². The number of rotatable bonds is 5. The Morgan fingerprint density at radius 3 is 3.11 bits per heavy atom. The Bertz CT molecular complexity index is 435. The van der Waals surface area contributed by atoms with Gasteiger partial charge >= 0.3 is 0 Å². The van der Waals surface area contributed by atoms with Gasteiger partial charge in [-0.15, -0.1) is 11.3 Å². The van der Waals surface area contributed by atoms with Crippen LogP contribution in [0.2, 0.25) is 0 Å². The minimum atomic E-state index is 0.187. The van der Waals surface area contributed by atoms with Gasteiger partial charge in [-0.3, -0.25) is 0 Å². The maximum Gasteiger partial charge on any atom is 0.189 e. The molecule has 0 radical (unpaired) electrons. The topological polar surface area (TPSA) is 59.6 Å². The Hall–Kier alpha value is -0.590. The van der Waals surface area contributed by atoms with Crippen LogP contribution in [0.3, 0.4) is 0 Å². The van der Waals surface area contributed by atoms with E-state index < -0.39 is 0 Å². The third-order valence-corrected chi connectivity index (χ3v) is 4.59. The van der Waals surface area contributed by atoms with E-state index in [-0.39, 0.29) is 6.04 Å². The minimum Gasteiger partial charge on any atom is -0.383 e. The van der Waals surface area contributed by atoms with E-state index in [0.717, 1.165) is 6.42 Å². The predicted molar refractivity (Wildman–Crippen MR) is 79.3 cm³/mol. The van der Waals surface area contributed by atoms with E-state index in [4.69, 9.17) is 10.5 Å². The SMILES string of the molecule is COCC(C)NC(N)=N[C@@H]1C[C@H]1c1ccc(Br)s1. The van der Waals surface area contributed by atoms with Crippen LogP contribution >= 0.6 is 27.3 Å². The summed E-state index contributed by atoms with van der Waals surface area (Å²) >= 11 is 5.26. The molecule has 6 heteroatoms. The van der Waals surface area contributed by atoms with Crippen molar-refractivity contribution in [2.24, 2.45) is 10.7 Å². The first-order valence-corrected chi connectivity index (χ1v) is 7.55. The van der Waals surface area contributed by atoms with E-state index >= 15 is 0 Å². The summed E-state index contributed by atoms with van der Waals surface area (Å²) in [5.41, 5.74) is 5.87. The summed E-state index contributed by atoms with van der Waals surface area (Å²) in [5.74, 6) is 1.06. The number of aliphatic imine (C=N–C) groups is 1. The van der Waals surface area contributed by atoms with Crippen LogP contribution < -0.4 is 11.1 Å². The molecule has 1 aromatic rings. The summed E-state index contributed by atoms with van der Waals surface area (Å²) in [7, 11) is 1.68. The maximum atomic E-state index is 5.87. The zero-order chi connectivity index (χ0) is 13.1. The summed E-state index contributed by atoms with van der Waals surface area (Å²) < 4.78 is 6.21. The fourth-order valence-electron chi connectivity index (χ4n) is 1.92. The molecule has 0 aromatic carbocycles. The molecule has 0 saturated heterocycles. The molecule has 3 atom stereocenters. The molecule has 100 valence electrons. The van der Waals surface area contributed by atoms with Crippen LogP contribution in [-0.4, -0.2) is 31.8 Å². The van der Waals surface area contributed by atoms with Gasteiger partial charge in [0.1, 0.15) is 0 Å². The minimum absolute atomic E-state index is 0.187. The van der Waals surface area contributed by atoms with Crippen molar-refractivity contribution in [3.8, 4) is 0 Å². The van der Waals surface area contributed by atoms with Crippen LogP contribution in [0.5, 0.6) is 0 Å². The Morgan fingerprint density at radius 1 is 1.72 bits per heavy atom. The van der Waals surface area contributed by atoms with Crippen LogP contribution in [0.4, 0.5) is 0 Å². The molecule has 3 N–H and O–H groups in total. The third kappa shape index (κ3) is 3.70. The molecule has 0 amide bonds. The van der Waals surface area contributed by atoms with E-state index in [1.807, 2.05) is 6.92 Å². The molecular weight excluding hydrogens is 314 g/mol. The fourth-order valence-corrected chi connectivity index (χ4v) is 3.51. The lowest BCUT2D eigenvalue weighted by atomic mass is 10.3. The van der Waals surface area contributed by atoms with E-state index in [2.05, 4.69) is 38.4 Å². The highest BCUT2D eigenvalue weighted by Gasteiger charge is 2.39. The molecule has 1 saturated carbocycles. The number of nitrogens with one attached hydrogen (secondary N) is 1. The highest BCUT2D eigenvalue weighted by atomic mass is 79.9. The second-order valence-corrected chi connectivity index (χ2v) is 7.06. The average molecular weight is 332 g/mol. The quantitative estimate of drug-likeness (QED) is 0.643. The normalized spacial score (nSPS) is 24.9. The summed E-state index contributed by atoms with van der Waals surface area (Å²) in [6.07, 6.45) is 1.09. The number of thiophene rings is 1. The molecule has 1 aromatic heterocycles. The molecule has 1 unspecified atom stereocenters. The highest BCUT2D eigenvalue weighted by molar-refractivity contribution is 9.11. The number of guanidine groups is 1. The molecule has 0 bridgehead atoms. The van der Waals surface area contributed by atoms with Crippen molar-refractivity contribution in [3.63, 3.8) is 0 Å².